The average Bonchev–Trinajstić information content (AvgIpc) is 2.29. The van der Waals surface area contributed by atoms with Crippen molar-refractivity contribution < 1.29 is 9.53 Å². The van der Waals surface area contributed by atoms with Crippen molar-refractivity contribution in [3.63, 3.8) is 0 Å². The molecule has 1 aromatic rings. The number of benzene rings is 1. The topological polar surface area (TPSA) is 52.3 Å². The van der Waals surface area contributed by atoms with Crippen molar-refractivity contribution in [3.05, 3.63) is 29.8 Å². The van der Waals surface area contributed by atoms with Gasteiger partial charge in [-0.2, -0.15) is 0 Å². The van der Waals surface area contributed by atoms with Gasteiger partial charge in [0.25, 0.3) is 0 Å². The normalized spacial score (nSPS) is 23.6. The highest BCUT2D eigenvalue weighted by Gasteiger charge is 2.35. The molecule has 0 fully saturated rings. The van der Waals surface area contributed by atoms with E-state index in [-0.39, 0.29) is 12.4 Å². The van der Waals surface area contributed by atoms with E-state index < -0.39 is 5.54 Å². The Morgan fingerprint density at radius 2 is 2.31 bits per heavy atom. The Morgan fingerprint density at radius 3 is 3.06 bits per heavy atom. The van der Waals surface area contributed by atoms with Crippen LogP contribution in [0.15, 0.2) is 29.2 Å². The molecule has 0 aromatic heterocycles. The van der Waals surface area contributed by atoms with E-state index in [1.807, 2.05) is 18.2 Å². The average molecular weight is 237 g/mol. The molecule has 1 aliphatic rings. The zero-order valence-corrected chi connectivity index (χ0v) is 10.0. The maximum Gasteiger partial charge on any atom is 0.307 e. The molecule has 0 aliphatic carbocycles. The van der Waals surface area contributed by atoms with Crippen molar-refractivity contribution in [3.8, 4) is 0 Å². The monoisotopic (exact) mass is 237 g/mol. The van der Waals surface area contributed by atoms with Gasteiger partial charge < -0.3 is 10.5 Å². The van der Waals surface area contributed by atoms with Crippen LogP contribution in [0.2, 0.25) is 0 Å². The number of methoxy groups -OCH3 is 1. The number of hydrogen-bond acceptors (Lipinski definition) is 4. The summed E-state index contributed by atoms with van der Waals surface area (Å²) in [4.78, 5) is 12.6. The van der Waals surface area contributed by atoms with Crippen LogP contribution in [-0.4, -0.2) is 18.8 Å². The summed E-state index contributed by atoms with van der Waals surface area (Å²) in [6.45, 7) is 0. The second kappa shape index (κ2) is 4.47. The lowest BCUT2D eigenvalue weighted by molar-refractivity contribution is -0.142. The minimum Gasteiger partial charge on any atom is -0.469 e. The molecule has 0 bridgehead atoms. The molecule has 1 unspecified atom stereocenters. The summed E-state index contributed by atoms with van der Waals surface area (Å²) < 4.78 is 4.71. The van der Waals surface area contributed by atoms with Crippen molar-refractivity contribution in [1.29, 1.82) is 0 Å². The van der Waals surface area contributed by atoms with E-state index in [1.165, 1.54) is 12.0 Å². The van der Waals surface area contributed by atoms with E-state index in [9.17, 15) is 4.79 Å². The van der Waals surface area contributed by atoms with Crippen LogP contribution in [-0.2, 0) is 15.1 Å². The van der Waals surface area contributed by atoms with Gasteiger partial charge in [0.1, 0.15) is 0 Å². The number of esters is 1. The van der Waals surface area contributed by atoms with Crippen LogP contribution in [0.1, 0.15) is 18.4 Å². The molecule has 1 heterocycles. The highest BCUT2D eigenvalue weighted by molar-refractivity contribution is 7.99. The second-order valence-corrected chi connectivity index (χ2v) is 5.14. The Hall–Kier alpha value is -1.00. The Labute approximate surface area is 99.4 Å². The van der Waals surface area contributed by atoms with E-state index in [2.05, 4.69) is 6.07 Å². The number of carbonyl (C=O) groups excluding carboxylic acids is 1. The predicted molar refractivity (Wildman–Crippen MR) is 64.3 cm³/mol. The van der Waals surface area contributed by atoms with Crippen LogP contribution in [0, 0.1) is 0 Å². The molecule has 86 valence electrons. The van der Waals surface area contributed by atoms with Crippen LogP contribution in [0.5, 0.6) is 0 Å². The van der Waals surface area contributed by atoms with Gasteiger partial charge in [-0.15, -0.1) is 11.8 Å². The molecule has 2 N–H and O–H groups in total. The number of fused-ring (bicyclic) bond motifs is 1. The molecule has 4 heteroatoms. The maximum absolute atomic E-state index is 11.4. The Morgan fingerprint density at radius 1 is 1.56 bits per heavy atom. The Balaban J connectivity index is 2.32. The summed E-state index contributed by atoms with van der Waals surface area (Å²) >= 11 is 1.79. The van der Waals surface area contributed by atoms with E-state index in [0.717, 1.165) is 17.7 Å². The van der Waals surface area contributed by atoms with E-state index in [4.69, 9.17) is 10.5 Å². The molecule has 1 aromatic carbocycles. The van der Waals surface area contributed by atoms with Crippen LogP contribution in [0.3, 0.4) is 0 Å². The summed E-state index contributed by atoms with van der Waals surface area (Å²) in [5, 5.41) is 0. The van der Waals surface area contributed by atoms with Crippen LogP contribution < -0.4 is 5.73 Å². The fraction of sp³-hybridized carbons (Fsp3) is 0.417. The first kappa shape index (κ1) is 11.5. The zero-order chi connectivity index (χ0) is 11.6. The first-order valence-electron chi connectivity index (χ1n) is 5.24. The third kappa shape index (κ3) is 2.08. The fourth-order valence-corrected chi connectivity index (χ4v) is 3.28. The first-order valence-corrected chi connectivity index (χ1v) is 6.22. The van der Waals surface area contributed by atoms with E-state index in [1.54, 1.807) is 11.8 Å². The van der Waals surface area contributed by atoms with Gasteiger partial charge in [0, 0.05) is 10.6 Å². The van der Waals surface area contributed by atoms with Gasteiger partial charge in [0.2, 0.25) is 0 Å². The van der Waals surface area contributed by atoms with Crippen LogP contribution >= 0.6 is 11.8 Å². The number of hydrogen-bond donors (Lipinski definition) is 1. The first-order chi connectivity index (χ1) is 7.65. The van der Waals surface area contributed by atoms with Gasteiger partial charge in [-0.3, -0.25) is 4.79 Å². The summed E-state index contributed by atoms with van der Waals surface area (Å²) in [5.41, 5.74) is 6.84. The maximum atomic E-state index is 11.4. The number of nitrogens with two attached hydrogens (primary N) is 1. The third-order valence-electron chi connectivity index (χ3n) is 2.92. The smallest absolute Gasteiger partial charge is 0.307 e. The molecule has 0 radical (unpaired) electrons. The van der Waals surface area contributed by atoms with Gasteiger partial charge >= 0.3 is 5.97 Å². The summed E-state index contributed by atoms with van der Waals surface area (Å²) in [6.07, 6.45) is 1.06. The number of thioether (sulfide) groups is 1. The lowest BCUT2D eigenvalue weighted by Gasteiger charge is -2.34. The lowest BCUT2D eigenvalue weighted by Crippen LogP contribution is -2.42. The SMILES string of the molecule is COC(=O)CC1(N)CCSc2ccccc21. The molecule has 0 amide bonds. The van der Waals surface area contributed by atoms with Crippen molar-refractivity contribution >= 4 is 17.7 Å². The highest BCUT2D eigenvalue weighted by Crippen LogP contribution is 2.40. The van der Waals surface area contributed by atoms with Crippen molar-refractivity contribution in [1.82, 2.24) is 0 Å². The quantitative estimate of drug-likeness (QED) is 0.798. The van der Waals surface area contributed by atoms with E-state index >= 15 is 0 Å². The van der Waals surface area contributed by atoms with Gasteiger partial charge in [-0.25, -0.2) is 0 Å². The number of rotatable bonds is 2. The molecule has 16 heavy (non-hydrogen) atoms. The van der Waals surface area contributed by atoms with Crippen molar-refractivity contribution in [2.24, 2.45) is 5.73 Å². The molecule has 0 saturated carbocycles. The number of carbonyl (C=O) groups is 1. The summed E-state index contributed by atoms with van der Waals surface area (Å²) in [5.74, 6) is 0.703. The minimum absolute atomic E-state index is 0.246. The molecular formula is C12H15NO2S. The number of ether oxygens (including phenoxy) is 1. The fourth-order valence-electron chi connectivity index (χ4n) is 1.99. The van der Waals surface area contributed by atoms with Crippen LogP contribution in [0.4, 0.5) is 0 Å². The van der Waals surface area contributed by atoms with Gasteiger partial charge in [-0.05, 0) is 18.1 Å². The van der Waals surface area contributed by atoms with Crippen molar-refractivity contribution in [2.75, 3.05) is 12.9 Å². The summed E-state index contributed by atoms with van der Waals surface area (Å²) in [6, 6.07) is 8.02. The molecule has 0 spiro atoms. The van der Waals surface area contributed by atoms with Gasteiger partial charge in [0.05, 0.1) is 19.1 Å². The minimum atomic E-state index is -0.561. The predicted octanol–water partition coefficient (Wildman–Crippen LogP) is 1.90. The van der Waals surface area contributed by atoms with Crippen molar-refractivity contribution in [2.45, 2.75) is 23.3 Å². The Bertz CT molecular complexity index is 408. The second-order valence-electron chi connectivity index (χ2n) is 4.00. The van der Waals surface area contributed by atoms with E-state index in [0.29, 0.717) is 0 Å². The lowest BCUT2D eigenvalue weighted by atomic mass is 9.85. The van der Waals surface area contributed by atoms with Gasteiger partial charge in [-0.1, -0.05) is 18.2 Å². The zero-order valence-electron chi connectivity index (χ0n) is 9.23. The standard InChI is InChI=1S/C12H15NO2S/c1-15-11(14)8-12(13)6-7-16-10-5-3-2-4-9(10)12/h2-5H,6-8,13H2,1H3. The Kier molecular flexibility index (Phi) is 3.21. The molecule has 1 atom stereocenters. The van der Waals surface area contributed by atoms with Gasteiger partial charge in [0.15, 0.2) is 0 Å². The molecule has 3 nitrogen and oxygen atoms in total. The molecule has 2 rings (SSSR count). The summed E-state index contributed by atoms with van der Waals surface area (Å²) in [7, 11) is 1.40. The van der Waals surface area contributed by atoms with Crippen LogP contribution in [0.25, 0.3) is 0 Å². The largest absolute Gasteiger partial charge is 0.469 e. The molecule has 0 saturated heterocycles. The highest BCUT2D eigenvalue weighted by atomic mass is 32.2. The molecular weight excluding hydrogens is 222 g/mol. The third-order valence-corrected chi connectivity index (χ3v) is 3.99. The molecule has 1 aliphatic heterocycles.